The summed E-state index contributed by atoms with van der Waals surface area (Å²) in [5.74, 6) is -2.07. The number of rotatable bonds is 8. The molecular formula is C22H20F4N6O2. The molecule has 0 fully saturated rings. The number of nitrogens with zero attached hydrogens (tertiary/aromatic N) is 4. The zero-order chi connectivity index (χ0) is 24.9. The number of aromatic nitrogens is 3. The van der Waals surface area contributed by atoms with E-state index in [1.54, 1.807) is 12.1 Å². The quantitative estimate of drug-likeness (QED) is 0.320. The molecule has 3 N–H and O–H groups in total. The Kier molecular flexibility index (Phi) is 7.08. The zero-order valence-electron chi connectivity index (χ0n) is 18.1. The fourth-order valence-corrected chi connectivity index (χ4v) is 2.63. The van der Waals surface area contributed by atoms with E-state index in [1.165, 1.54) is 38.4 Å². The number of alkyl halides is 3. The van der Waals surface area contributed by atoms with Crippen LogP contribution in [-0.4, -0.2) is 37.8 Å². The van der Waals surface area contributed by atoms with Crippen LogP contribution in [0.5, 0.6) is 0 Å². The van der Waals surface area contributed by atoms with Gasteiger partial charge < -0.3 is 15.7 Å². The number of aliphatic carboxylic acids is 1. The van der Waals surface area contributed by atoms with E-state index in [0.29, 0.717) is 11.4 Å². The highest BCUT2D eigenvalue weighted by molar-refractivity contribution is 5.81. The molecule has 0 aliphatic rings. The van der Waals surface area contributed by atoms with Crippen molar-refractivity contribution in [2.24, 2.45) is 4.99 Å². The Balaban J connectivity index is 1.63. The monoisotopic (exact) mass is 476 g/mol. The van der Waals surface area contributed by atoms with Gasteiger partial charge in [-0.1, -0.05) is 6.07 Å². The molecular weight excluding hydrogens is 456 g/mol. The van der Waals surface area contributed by atoms with Crippen LogP contribution in [0.15, 0.2) is 53.8 Å². The minimum atomic E-state index is -4.44. The number of hydrogen-bond acceptors (Lipinski definition) is 7. The van der Waals surface area contributed by atoms with Crippen LogP contribution in [-0.2, 0) is 17.5 Å². The summed E-state index contributed by atoms with van der Waals surface area (Å²) in [5, 5.41) is 14.5. The summed E-state index contributed by atoms with van der Waals surface area (Å²) in [6.07, 6.45) is -0.653. The molecule has 0 saturated heterocycles. The lowest BCUT2D eigenvalue weighted by Gasteiger charge is -2.21. The predicted molar refractivity (Wildman–Crippen MR) is 118 cm³/mol. The second kappa shape index (κ2) is 9.81. The van der Waals surface area contributed by atoms with Crippen molar-refractivity contribution in [3.8, 4) is 0 Å². The number of pyridine rings is 1. The van der Waals surface area contributed by atoms with E-state index in [2.05, 4.69) is 30.6 Å². The lowest BCUT2D eigenvalue weighted by molar-refractivity contribution is -0.141. The Morgan fingerprint density at radius 2 is 1.88 bits per heavy atom. The fourth-order valence-electron chi connectivity index (χ4n) is 2.63. The Morgan fingerprint density at radius 1 is 1.12 bits per heavy atom. The van der Waals surface area contributed by atoms with Crippen molar-refractivity contribution in [1.29, 1.82) is 0 Å². The minimum absolute atomic E-state index is 0.0195. The van der Waals surface area contributed by atoms with Crippen LogP contribution in [0.2, 0.25) is 0 Å². The number of halogens is 4. The number of benzene rings is 1. The topological polar surface area (TPSA) is 112 Å². The van der Waals surface area contributed by atoms with Gasteiger partial charge in [-0.2, -0.15) is 13.2 Å². The third kappa shape index (κ3) is 6.47. The maximum absolute atomic E-state index is 13.9. The number of nitrogens with one attached hydrogen (secondary N) is 2. The summed E-state index contributed by atoms with van der Waals surface area (Å²) >= 11 is 0. The number of carboxylic acid groups (broad SMARTS) is 1. The summed E-state index contributed by atoms with van der Waals surface area (Å²) in [6, 6.07) is 8.03. The lowest BCUT2D eigenvalue weighted by Crippen LogP contribution is -2.40. The van der Waals surface area contributed by atoms with E-state index >= 15 is 0 Å². The van der Waals surface area contributed by atoms with Crippen molar-refractivity contribution in [2.75, 3.05) is 10.6 Å². The van der Waals surface area contributed by atoms with Gasteiger partial charge in [-0.05, 0) is 44.2 Å². The first-order valence-electron chi connectivity index (χ1n) is 9.87. The molecule has 0 bridgehead atoms. The Hall–Kier alpha value is -4.09. The molecule has 1 aromatic carbocycles. The zero-order valence-corrected chi connectivity index (χ0v) is 18.1. The van der Waals surface area contributed by atoms with Gasteiger partial charge in [0.1, 0.15) is 5.54 Å². The normalized spacial score (nSPS) is 12.1. The fraction of sp³-hybridized carbons (Fsp3) is 0.227. The van der Waals surface area contributed by atoms with Gasteiger partial charge in [-0.3, -0.25) is 9.98 Å². The van der Waals surface area contributed by atoms with Gasteiger partial charge in [-0.25, -0.2) is 19.2 Å². The Labute approximate surface area is 191 Å². The third-order valence-corrected chi connectivity index (χ3v) is 4.48. The SMILES string of the molecule is CC(C)(Nc1nc(CN=Cc2ccc(Nc3cccc(C(F)(F)F)c3)cn2)ncc1F)C(=O)O. The van der Waals surface area contributed by atoms with Gasteiger partial charge in [0.05, 0.1) is 35.9 Å². The Morgan fingerprint density at radius 3 is 2.53 bits per heavy atom. The van der Waals surface area contributed by atoms with Crippen molar-refractivity contribution in [2.45, 2.75) is 32.1 Å². The molecule has 0 aliphatic heterocycles. The van der Waals surface area contributed by atoms with Crippen molar-refractivity contribution in [3.05, 3.63) is 71.7 Å². The van der Waals surface area contributed by atoms with E-state index in [4.69, 9.17) is 5.11 Å². The van der Waals surface area contributed by atoms with Crippen LogP contribution < -0.4 is 10.6 Å². The molecule has 178 valence electrons. The summed E-state index contributed by atoms with van der Waals surface area (Å²) in [7, 11) is 0. The minimum Gasteiger partial charge on any atom is -0.480 e. The van der Waals surface area contributed by atoms with Crippen LogP contribution >= 0.6 is 0 Å². The first kappa shape index (κ1) is 24.6. The predicted octanol–water partition coefficient (Wildman–Crippen LogP) is 4.67. The van der Waals surface area contributed by atoms with Gasteiger partial charge in [0, 0.05) is 11.9 Å². The molecule has 0 amide bonds. The number of aliphatic imine (C=N–C) groups is 1. The molecule has 2 aromatic heterocycles. The highest BCUT2D eigenvalue weighted by atomic mass is 19.4. The maximum Gasteiger partial charge on any atom is 0.416 e. The molecule has 0 atom stereocenters. The summed E-state index contributed by atoms with van der Waals surface area (Å²) in [6.45, 7) is 2.71. The van der Waals surface area contributed by atoms with Gasteiger partial charge >= 0.3 is 12.1 Å². The second-order valence-corrected chi connectivity index (χ2v) is 7.68. The first-order valence-corrected chi connectivity index (χ1v) is 9.87. The van der Waals surface area contributed by atoms with Crippen LogP contribution in [0.25, 0.3) is 0 Å². The lowest BCUT2D eigenvalue weighted by atomic mass is 10.1. The average molecular weight is 476 g/mol. The molecule has 0 radical (unpaired) electrons. The van der Waals surface area contributed by atoms with E-state index < -0.39 is 29.1 Å². The molecule has 8 nitrogen and oxygen atoms in total. The molecule has 0 spiro atoms. The van der Waals surface area contributed by atoms with Crippen LogP contribution in [0.1, 0.15) is 30.9 Å². The maximum atomic E-state index is 13.9. The van der Waals surface area contributed by atoms with Crippen LogP contribution in [0.3, 0.4) is 0 Å². The van der Waals surface area contributed by atoms with Crippen molar-refractivity contribution in [3.63, 3.8) is 0 Å². The van der Waals surface area contributed by atoms with Crippen molar-refractivity contribution < 1.29 is 27.5 Å². The highest BCUT2D eigenvalue weighted by Gasteiger charge is 2.30. The second-order valence-electron chi connectivity index (χ2n) is 7.68. The van der Waals surface area contributed by atoms with Gasteiger partial charge in [0.15, 0.2) is 17.5 Å². The first-order chi connectivity index (χ1) is 15.9. The molecule has 3 rings (SSSR count). The van der Waals surface area contributed by atoms with Crippen LogP contribution in [0, 0.1) is 5.82 Å². The number of hydrogen-bond donors (Lipinski definition) is 3. The summed E-state index contributed by atoms with van der Waals surface area (Å²) in [5.41, 5.74) is -0.995. The molecule has 0 saturated carbocycles. The summed E-state index contributed by atoms with van der Waals surface area (Å²) < 4.78 is 52.4. The van der Waals surface area contributed by atoms with Gasteiger partial charge in [0.2, 0.25) is 0 Å². The number of anilines is 3. The Bertz CT molecular complexity index is 1200. The number of carboxylic acids is 1. The molecule has 2 heterocycles. The van der Waals surface area contributed by atoms with E-state index in [9.17, 15) is 22.4 Å². The average Bonchev–Trinajstić information content (AvgIpc) is 2.76. The standard InChI is InChI=1S/C22H20F4N6O2/c1-21(2,20(33)34)32-19-17(23)11-29-18(31-19)12-27-9-15-6-7-16(10-28-15)30-14-5-3-4-13(8-14)22(24,25)26/h3-11,30H,12H2,1-2H3,(H,33,34)(H,29,31,32). The van der Waals surface area contributed by atoms with Crippen LogP contribution in [0.4, 0.5) is 34.8 Å². The number of carbonyl (C=O) groups is 1. The van der Waals surface area contributed by atoms with Gasteiger partial charge in [0.25, 0.3) is 0 Å². The van der Waals surface area contributed by atoms with Crippen molar-refractivity contribution >= 4 is 29.4 Å². The molecule has 34 heavy (non-hydrogen) atoms. The van der Waals surface area contributed by atoms with Gasteiger partial charge in [-0.15, -0.1) is 0 Å². The van der Waals surface area contributed by atoms with E-state index in [0.717, 1.165) is 18.3 Å². The molecule has 3 aromatic rings. The smallest absolute Gasteiger partial charge is 0.416 e. The summed E-state index contributed by atoms with van der Waals surface area (Å²) in [4.78, 5) is 27.3. The van der Waals surface area contributed by atoms with E-state index in [-0.39, 0.29) is 23.9 Å². The largest absolute Gasteiger partial charge is 0.480 e. The van der Waals surface area contributed by atoms with Crippen molar-refractivity contribution in [1.82, 2.24) is 15.0 Å². The highest BCUT2D eigenvalue weighted by Crippen LogP contribution is 2.31. The molecule has 12 heteroatoms. The molecule has 0 aliphatic carbocycles. The third-order valence-electron chi connectivity index (χ3n) is 4.48. The van der Waals surface area contributed by atoms with E-state index in [1.807, 2.05) is 0 Å². The molecule has 0 unspecified atom stereocenters.